The van der Waals surface area contributed by atoms with Gasteiger partial charge in [0.05, 0.1) is 94.9 Å². The summed E-state index contributed by atoms with van der Waals surface area (Å²) >= 11 is 0. The molecule has 5 aliphatic heterocycles. The Morgan fingerprint density at radius 1 is 0.580 bits per heavy atom. The van der Waals surface area contributed by atoms with E-state index in [0.717, 1.165) is 102 Å². The number of hydrogen-bond acceptors (Lipinski definition) is 16. The highest BCUT2D eigenvalue weighted by Gasteiger charge is 2.56. The summed E-state index contributed by atoms with van der Waals surface area (Å²) in [6.45, 7) is 28.5. The minimum atomic E-state index is -1.98. The SMILES string of the molecule is C.C.CCCC1O[C@@H]2[C@H](C[C@H]1C)OC1(C[C@H](C)[C@H](OCc3ccc(OC)cc3)[C@H](CC(=O)OCc3ccccc3)O1)C[C@@H]2C.CC[Si](CC)(CC)OCC[C@H]1O[C@@H]2[C@H](C[C@H]1O[Si](CC)(CC)CC)OC(O)(C[C@H](C)[C@@H](/C=C/C(=O)OCc1ccccc1)OCc1ccc(OC)cc1)C[C@@H]2C. The number of ether oxygens (including phenoxy) is 11. The summed E-state index contributed by atoms with van der Waals surface area (Å²) < 4.78 is 82.7. The maximum absolute atomic E-state index is 13.2. The van der Waals surface area contributed by atoms with Crippen LogP contribution in [-0.2, 0) is 87.5 Å². The van der Waals surface area contributed by atoms with Crippen LogP contribution in [0.5, 0.6) is 11.5 Å². The smallest absolute Gasteiger partial charge is 0.330 e. The molecule has 4 aromatic rings. The monoisotopic (exact) mass is 1420 g/mol. The number of esters is 2. The molecule has 5 heterocycles. The molecule has 0 amide bonds. The van der Waals surface area contributed by atoms with Crippen LogP contribution in [0.3, 0.4) is 0 Å². The summed E-state index contributed by atoms with van der Waals surface area (Å²) in [5.41, 5.74) is 3.87. The molecule has 0 bridgehead atoms. The lowest BCUT2D eigenvalue weighted by molar-refractivity contribution is -0.376. The zero-order valence-electron chi connectivity index (χ0n) is 61.6. The number of hydrogen-bond donors (Lipinski definition) is 1. The summed E-state index contributed by atoms with van der Waals surface area (Å²) in [5.74, 6) is -0.689. The van der Waals surface area contributed by atoms with Crippen LogP contribution in [0.25, 0.3) is 0 Å². The lowest BCUT2D eigenvalue weighted by Crippen LogP contribution is -2.62. The molecule has 9 rings (SSSR count). The van der Waals surface area contributed by atoms with Gasteiger partial charge in [-0.15, -0.1) is 0 Å². The predicted octanol–water partition coefficient (Wildman–Crippen LogP) is 18.1. The quantitative estimate of drug-likeness (QED) is 0.0271. The van der Waals surface area contributed by atoms with Gasteiger partial charge in [0.1, 0.15) is 24.7 Å². The summed E-state index contributed by atoms with van der Waals surface area (Å²) in [7, 11) is -0.418. The van der Waals surface area contributed by atoms with Gasteiger partial charge in [-0.1, -0.05) is 189 Å². The van der Waals surface area contributed by atoms with Gasteiger partial charge in [-0.25, -0.2) is 4.79 Å². The number of benzene rings is 4. The number of aliphatic hydroxyl groups is 1. The van der Waals surface area contributed by atoms with Crippen molar-refractivity contribution in [1.29, 1.82) is 0 Å². The van der Waals surface area contributed by atoms with Crippen molar-refractivity contribution in [1.82, 2.24) is 0 Å². The number of rotatable bonds is 33. The molecule has 0 aromatic heterocycles. The van der Waals surface area contributed by atoms with E-state index in [4.69, 9.17) is 61.0 Å². The summed E-state index contributed by atoms with van der Waals surface area (Å²) in [6.07, 6.45) is 8.48. The van der Waals surface area contributed by atoms with Crippen molar-refractivity contribution in [3.63, 3.8) is 0 Å². The Morgan fingerprint density at radius 3 is 1.66 bits per heavy atom. The molecule has 3 unspecified atom stereocenters. The average molecular weight is 1430 g/mol. The Bertz CT molecular complexity index is 2990. The fourth-order valence-corrected chi connectivity index (χ4v) is 21.3. The Balaban J connectivity index is 0.000000320. The molecule has 1 N–H and O–H groups in total. The van der Waals surface area contributed by atoms with Crippen LogP contribution >= 0.6 is 0 Å². The van der Waals surface area contributed by atoms with Crippen molar-refractivity contribution < 1.29 is 75.7 Å². The van der Waals surface area contributed by atoms with Crippen LogP contribution in [0.1, 0.15) is 184 Å². The zero-order chi connectivity index (χ0) is 70.5. The van der Waals surface area contributed by atoms with Crippen LogP contribution in [0, 0.1) is 29.6 Å². The van der Waals surface area contributed by atoms with Gasteiger partial charge in [-0.2, -0.15) is 0 Å². The molecule has 16 nitrogen and oxygen atoms in total. The number of fused-ring (bicyclic) bond motifs is 2. The molecular formula is C82H128O16Si2. The molecule has 5 saturated heterocycles. The Kier molecular flexibility index (Phi) is 34.0. The fourth-order valence-electron chi connectivity index (χ4n) is 15.8. The Hall–Kier alpha value is -4.81. The summed E-state index contributed by atoms with van der Waals surface area (Å²) in [4.78, 5) is 26.0. The highest BCUT2D eigenvalue weighted by Crippen LogP contribution is 2.50. The fraction of sp³-hybridized carbons (Fsp3) is 0.659. The number of methoxy groups -OCH3 is 2. The maximum atomic E-state index is 13.2. The zero-order valence-corrected chi connectivity index (χ0v) is 63.6. The third kappa shape index (κ3) is 23.3. The number of carbonyl (C=O) groups is 2. The number of carbonyl (C=O) groups excluding carboxylic acids is 2. The largest absolute Gasteiger partial charge is 0.497 e. The molecule has 18 heteroatoms. The van der Waals surface area contributed by atoms with Crippen molar-refractivity contribution in [3.8, 4) is 11.5 Å². The van der Waals surface area contributed by atoms with Gasteiger partial charge >= 0.3 is 11.9 Å². The van der Waals surface area contributed by atoms with Crippen LogP contribution in [-0.4, -0.2) is 127 Å². The standard InChI is InChI=1S/C45H72O9Si2.C35H48O7.2CH4/c1-10-55(11-2,12-3)51-28-27-40-41(54-56(13-4,14-5)15-6)29-42-44(52-40)35(8)31-45(47,53-42)30-34(7)39(49-32-37-21-23-38(48-9)24-22-37)25-26-43(46)50-33-36-19-17-16-18-20-36;1-6-10-29-23(2)17-30-34(40-29)25(4)20-35(41-30)19-24(3)33(39-22-27-13-15-28(37-5)16-14-27)31(42-35)18-32(36)38-21-26-11-8-7-9-12-26;;/h16-26,34-35,39-42,44,47H,10-15,27-33H2,1-9H3;7-9,11-16,23-25,29-31,33-34H,6,10,17-22H2,1-5H3;2*1H4/b26-25+;;;/t34-,35-,39+,40+,41+,42-,44-,45?;23-,24+,25+,29?,30+,31+,33+,34+,35?;;/m01../s1. The molecule has 1 spiro atoms. The van der Waals surface area contributed by atoms with Crippen molar-refractivity contribution in [3.05, 3.63) is 144 Å². The van der Waals surface area contributed by atoms with E-state index in [9.17, 15) is 14.7 Å². The lowest BCUT2D eigenvalue weighted by atomic mass is 9.76. The molecule has 560 valence electrons. The molecule has 0 radical (unpaired) electrons. The van der Waals surface area contributed by atoms with Crippen LogP contribution in [0.15, 0.2) is 121 Å². The average Bonchev–Trinajstić information content (AvgIpc) is 0.771. The lowest BCUT2D eigenvalue weighted by Gasteiger charge is -2.56. The van der Waals surface area contributed by atoms with Crippen LogP contribution in [0.2, 0.25) is 36.3 Å². The molecule has 0 aliphatic carbocycles. The second-order valence-corrected chi connectivity index (χ2v) is 38.4. The summed E-state index contributed by atoms with van der Waals surface area (Å²) in [5, 5.41) is 12.3. The van der Waals surface area contributed by atoms with Gasteiger partial charge in [0, 0.05) is 44.8 Å². The van der Waals surface area contributed by atoms with E-state index >= 15 is 0 Å². The van der Waals surface area contributed by atoms with E-state index in [1.54, 1.807) is 20.3 Å². The second-order valence-electron chi connectivity index (χ2n) is 28.9. The van der Waals surface area contributed by atoms with Crippen LogP contribution in [0.4, 0.5) is 0 Å². The predicted molar refractivity (Wildman–Crippen MR) is 401 cm³/mol. The minimum Gasteiger partial charge on any atom is -0.497 e. The Morgan fingerprint density at radius 2 is 1.10 bits per heavy atom. The molecule has 17 atom stereocenters. The van der Waals surface area contributed by atoms with Crippen molar-refractivity contribution >= 4 is 28.6 Å². The van der Waals surface area contributed by atoms with E-state index in [0.29, 0.717) is 51.4 Å². The molecule has 4 aromatic carbocycles. The Labute approximate surface area is 604 Å². The van der Waals surface area contributed by atoms with Crippen molar-refractivity contribution in [2.45, 2.75) is 297 Å². The first kappa shape index (κ1) is 84.1. The van der Waals surface area contributed by atoms with E-state index in [1.165, 1.54) is 6.08 Å². The van der Waals surface area contributed by atoms with Crippen molar-refractivity contribution in [2.75, 3.05) is 20.8 Å². The van der Waals surface area contributed by atoms with E-state index in [2.05, 4.69) is 76.2 Å². The van der Waals surface area contributed by atoms with Gasteiger partial charge in [-0.05, 0) is 138 Å². The van der Waals surface area contributed by atoms with Crippen LogP contribution < -0.4 is 9.47 Å². The molecule has 5 aliphatic rings. The summed E-state index contributed by atoms with van der Waals surface area (Å²) in [6, 6.07) is 41.4. The molecular weight excluding hydrogens is 1300 g/mol. The minimum absolute atomic E-state index is 0. The van der Waals surface area contributed by atoms with Gasteiger partial charge in [0.15, 0.2) is 28.2 Å². The third-order valence-electron chi connectivity index (χ3n) is 21.9. The van der Waals surface area contributed by atoms with Gasteiger partial charge in [-0.3, -0.25) is 4.79 Å². The van der Waals surface area contributed by atoms with Gasteiger partial charge < -0.3 is 66.1 Å². The molecule has 100 heavy (non-hydrogen) atoms. The molecule has 0 saturated carbocycles. The maximum Gasteiger partial charge on any atom is 0.330 e. The highest BCUT2D eigenvalue weighted by molar-refractivity contribution is 6.74. The van der Waals surface area contributed by atoms with Gasteiger partial charge in [0.25, 0.3) is 0 Å². The molecule has 5 fully saturated rings. The van der Waals surface area contributed by atoms with Crippen molar-refractivity contribution in [2.24, 2.45) is 29.6 Å². The van der Waals surface area contributed by atoms with E-state index in [-0.39, 0.29) is 113 Å². The third-order valence-corrected chi connectivity index (χ3v) is 31.2. The highest BCUT2D eigenvalue weighted by atomic mass is 28.4. The first-order valence-electron chi connectivity index (χ1n) is 37.1. The van der Waals surface area contributed by atoms with E-state index in [1.807, 2.05) is 116 Å². The topological polar surface area (TPSA) is 174 Å². The first-order valence-corrected chi connectivity index (χ1v) is 42.2. The normalized spacial score (nSPS) is 28.7. The first-order chi connectivity index (χ1) is 47.2. The second kappa shape index (κ2) is 40.5. The van der Waals surface area contributed by atoms with Gasteiger partial charge in [0.2, 0.25) is 0 Å². The van der Waals surface area contributed by atoms with E-state index < -0.39 is 46.4 Å².